The van der Waals surface area contributed by atoms with Gasteiger partial charge in [-0.2, -0.15) is 9.57 Å². The third kappa shape index (κ3) is 3.22. The van der Waals surface area contributed by atoms with Gasteiger partial charge in [0.2, 0.25) is 10.0 Å². The molecule has 162 valence electrons. The van der Waals surface area contributed by atoms with Gasteiger partial charge in [0.15, 0.2) is 5.65 Å². The van der Waals surface area contributed by atoms with E-state index < -0.39 is 10.0 Å². The van der Waals surface area contributed by atoms with Crippen LogP contribution in [0, 0.1) is 25.2 Å². The summed E-state index contributed by atoms with van der Waals surface area (Å²) in [4.78, 5) is 7.22. The maximum atomic E-state index is 13.1. The Morgan fingerprint density at radius 3 is 2.34 bits per heavy atom. The van der Waals surface area contributed by atoms with E-state index in [2.05, 4.69) is 11.0 Å². The second-order valence-electron chi connectivity index (χ2n) is 8.14. The molecule has 2 aromatic carbocycles. The Hall–Kier alpha value is -3.41. The predicted molar refractivity (Wildman–Crippen MR) is 124 cm³/mol. The van der Waals surface area contributed by atoms with Gasteiger partial charge in [0, 0.05) is 26.2 Å². The summed E-state index contributed by atoms with van der Waals surface area (Å²) < 4.78 is 29.7. The number of para-hydroxylation sites is 2. The molecule has 0 saturated carbocycles. The summed E-state index contributed by atoms with van der Waals surface area (Å²) in [6.45, 7) is 5.75. The first-order chi connectivity index (χ1) is 15.4. The number of pyridine rings is 1. The second kappa shape index (κ2) is 7.62. The van der Waals surface area contributed by atoms with Crippen molar-refractivity contribution in [3.05, 3.63) is 71.3 Å². The zero-order valence-electron chi connectivity index (χ0n) is 18.0. The van der Waals surface area contributed by atoms with Crippen molar-refractivity contribution in [2.75, 3.05) is 31.1 Å². The minimum absolute atomic E-state index is 0.328. The number of anilines is 1. The standard InChI is InChI=1S/C24H23N5O2S/c1-17-7-9-19(10-8-17)32(30,31)28-13-11-27(12-14-28)23-15-18(2)20(16-25)24-26-21-5-3-4-6-22(21)29(23)24/h3-10,15H,11-14H2,1-2H3. The molecule has 4 aromatic rings. The van der Waals surface area contributed by atoms with Crippen LogP contribution in [0.4, 0.5) is 5.82 Å². The number of nitrogens with zero attached hydrogens (tertiary/aromatic N) is 5. The lowest BCUT2D eigenvalue weighted by Crippen LogP contribution is -2.49. The summed E-state index contributed by atoms with van der Waals surface area (Å²) in [7, 11) is -3.53. The first-order valence-corrected chi connectivity index (χ1v) is 12.0. The van der Waals surface area contributed by atoms with Crippen LogP contribution >= 0.6 is 0 Å². The third-order valence-corrected chi connectivity index (χ3v) is 8.00. The van der Waals surface area contributed by atoms with Crippen molar-refractivity contribution in [3.8, 4) is 6.07 Å². The van der Waals surface area contributed by atoms with Crippen molar-refractivity contribution in [2.45, 2.75) is 18.7 Å². The quantitative estimate of drug-likeness (QED) is 0.482. The van der Waals surface area contributed by atoms with Crippen LogP contribution in [0.3, 0.4) is 0 Å². The first kappa shape index (κ1) is 20.5. The van der Waals surface area contributed by atoms with Crippen molar-refractivity contribution in [1.29, 1.82) is 5.26 Å². The van der Waals surface area contributed by atoms with Gasteiger partial charge in [-0.1, -0.05) is 29.8 Å². The summed E-state index contributed by atoms with van der Waals surface area (Å²) in [5.41, 5.74) is 4.85. The lowest BCUT2D eigenvalue weighted by atomic mass is 10.1. The van der Waals surface area contributed by atoms with Gasteiger partial charge in [0.05, 0.1) is 21.5 Å². The molecule has 0 unspecified atom stereocenters. The van der Waals surface area contributed by atoms with Gasteiger partial charge in [-0.05, 0) is 49.7 Å². The average molecular weight is 446 g/mol. The topological polar surface area (TPSA) is 81.7 Å². The maximum Gasteiger partial charge on any atom is 0.243 e. The Bertz CT molecular complexity index is 1480. The summed E-state index contributed by atoms with van der Waals surface area (Å²) in [5.74, 6) is 0.928. The molecular formula is C24H23N5O2S. The molecular weight excluding hydrogens is 422 g/mol. The molecule has 0 N–H and O–H groups in total. The van der Waals surface area contributed by atoms with Gasteiger partial charge in [0.1, 0.15) is 11.9 Å². The van der Waals surface area contributed by atoms with Crippen LogP contribution in [0.15, 0.2) is 59.5 Å². The highest BCUT2D eigenvalue weighted by Crippen LogP contribution is 2.30. The molecule has 32 heavy (non-hydrogen) atoms. The lowest BCUT2D eigenvalue weighted by Gasteiger charge is -2.35. The molecule has 5 rings (SSSR count). The molecule has 3 heterocycles. The number of aromatic nitrogens is 2. The number of benzene rings is 2. The Morgan fingerprint density at radius 1 is 0.969 bits per heavy atom. The fourth-order valence-electron chi connectivity index (χ4n) is 4.32. The van der Waals surface area contributed by atoms with E-state index in [1.807, 2.05) is 60.7 Å². The van der Waals surface area contributed by atoms with E-state index in [4.69, 9.17) is 4.98 Å². The Balaban J connectivity index is 1.51. The maximum absolute atomic E-state index is 13.1. The molecule has 1 aliphatic rings. The molecule has 8 heteroatoms. The number of hydrogen-bond donors (Lipinski definition) is 0. The zero-order valence-corrected chi connectivity index (χ0v) is 18.8. The van der Waals surface area contributed by atoms with E-state index in [0.717, 1.165) is 28.0 Å². The normalized spacial score (nSPS) is 15.3. The van der Waals surface area contributed by atoms with E-state index in [1.165, 1.54) is 0 Å². The number of aryl methyl sites for hydroxylation is 2. The highest BCUT2D eigenvalue weighted by atomic mass is 32.2. The van der Waals surface area contributed by atoms with Crippen LogP contribution in [-0.2, 0) is 10.0 Å². The molecule has 0 aliphatic carbocycles. The second-order valence-corrected chi connectivity index (χ2v) is 10.1. The lowest BCUT2D eigenvalue weighted by molar-refractivity contribution is 0.383. The highest BCUT2D eigenvalue weighted by molar-refractivity contribution is 7.89. The van der Waals surface area contributed by atoms with Crippen LogP contribution < -0.4 is 4.90 Å². The zero-order chi connectivity index (χ0) is 22.5. The molecule has 1 fully saturated rings. The molecule has 7 nitrogen and oxygen atoms in total. The van der Waals surface area contributed by atoms with Crippen molar-refractivity contribution in [3.63, 3.8) is 0 Å². The van der Waals surface area contributed by atoms with Crippen molar-refractivity contribution in [2.24, 2.45) is 0 Å². The SMILES string of the molecule is Cc1ccc(S(=O)(=O)N2CCN(c3cc(C)c(C#N)c4nc5ccccc5n34)CC2)cc1. The van der Waals surface area contributed by atoms with Gasteiger partial charge in [-0.15, -0.1) is 0 Å². The van der Waals surface area contributed by atoms with Gasteiger partial charge >= 0.3 is 0 Å². The van der Waals surface area contributed by atoms with E-state index in [0.29, 0.717) is 42.3 Å². The van der Waals surface area contributed by atoms with Gasteiger partial charge in [0.25, 0.3) is 0 Å². The number of rotatable bonds is 3. The van der Waals surface area contributed by atoms with E-state index >= 15 is 0 Å². The number of fused-ring (bicyclic) bond motifs is 3. The number of hydrogen-bond acceptors (Lipinski definition) is 5. The molecule has 2 aromatic heterocycles. The summed E-state index contributed by atoms with van der Waals surface area (Å²) >= 11 is 0. The number of piperazine rings is 1. The largest absolute Gasteiger partial charge is 0.355 e. The van der Waals surface area contributed by atoms with E-state index in [1.54, 1.807) is 16.4 Å². The monoisotopic (exact) mass is 445 g/mol. The third-order valence-electron chi connectivity index (χ3n) is 6.09. The van der Waals surface area contributed by atoms with Crippen LogP contribution in [0.25, 0.3) is 16.7 Å². The molecule has 0 spiro atoms. The Kier molecular flexibility index (Phi) is 4.88. The van der Waals surface area contributed by atoms with Gasteiger partial charge in [-0.25, -0.2) is 13.4 Å². The van der Waals surface area contributed by atoms with Crippen molar-refractivity contribution in [1.82, 2.24) is 13.7 Å². The summed E-state index contributed by atoms with van der Waals surface area (Å²) in [6.07, 6.45) is 0. The van der Waals surface area contributed by atoms with Crippen molar-refractivity contribution >= 4 is 32.5 Å². The average Bonchev–Trinajstić information content (AvgIpc) is 3.18. The number of imidazole rings is 1. The number of nitriles is 1. The predicted octanol–water partition coefficient (Wildman–Crippen LogP) is 3.49. The smallest absolute Gasteiger partial charge is 0.243 e. The molecule has 0 bridgehead atoms. The van der Waals surface area contributed by atoms with Gasteiger partial charge < -0.3 is 4.90 Å². The van der Waals surface area contributed by atoms with Crippen molar-refractivity contribution < 1.29 is 8.42 Å². The fraction of sp³-hybridized carbons (Fsp3) is 0.250. The van der Waals surface area contributed by atoms with Gasteiger partial charge in [-0.3, -0.25) is 4.40 Å². The Morgan fingerprint density at radius 2 is 1.66 bits per heavy atom. The van der Waals surface area contributed by atoms with Crippen LogP contribution in [-0.4, -0.2) is 48.3 Å². The van der Waals surface area contributed by atoms with E-state index in [9.17, 15) is 13.7 Å². The van der Waals surface area contributed by atoms with Crippen LogP contribution in [0.1, 0.15) is 16.7 Å². The number of sulfonamides is 1. The molecule has 1 aliphatic heterocycles. The van der Waals surface area contributed by atoms with Crippen LogP contribution in [0.5, 0.6) is 0 Å². The summed E-state index contributed by atoms with van der Waals surface area (Å²) in [5, 5.41) is 9.70. The molecule has 1 saturated heterocycles. The van der Waals surface area contributed by atoms with Crippen LogP contribution in [0.2, 0.25) is 0 Å². The first-order valence-electron chi connectivity index (χ1n) is 10.5. The minimum atomic E-state index is -3.53. The summed E-state index contributed by atoms with van der Waals surface area (Å²) in [6, 6.07) is 19.1. The highest BCUT2D eigenvalue weighted by Gasteiger charge is 2.30. The molecule has 0 amide bonds. The van der Waals surface area contributed by atoms with E-state index in [-0.39, 0.29) is 0 Å². The molecule has 0 atom stereocenters. The fourth-order valence-corrected chi connectivity index (χ4v) is 5.74. The molecule has 0 radical (unpaired) electrons. The Labute approximate surface area is 187 Å². The minimum Gasteiger partial charge on any atom is -0.355 e.